The number of ether oxygens (including phenoxy) is 1. The van der Waals surface area contributed by atoms with Crippen molar-refractivity contribution in [3.63, 3.8) is 0 Å². The molecule has 0 fully saturated rings. The van der Waals surface area contributed by atoms with Gasteiger partial charge in [0.25, 0.3) is 0 Å². The number of carbonyl (C=O) groups excluding carboxylic acids is 1. The monoisotopic (exact) mass is 160 g/mol. The Morgan fingerprint density at radius 3 is 2.55 bits per heavy atom. The van der Waals surface area contributed by atoms with E-state index >= 15 is 0 Å². The highest BCUT2D eigenvalue weighted by molar-refractivity contribution is 5.79. The highest BCUT2D eigenvalue weighted by Gasteiger charge is 2.17. The number of rotatable bonds is 5. The van der Waals surface area contributed by atoms with Crippen molar-refractivity contribution in [1.82, 2.24) is 0 Å². The summed E-state index contributed by atoms with van der Waals surface area (Å²) in [5.41, 5.74) is 10.5. The summed E-state index contributed by atoms with van der Waals surface area (Å²) in [6, 6.07) is -0.551. The van der Waals surface area contributed by atoms with E-state index in [1.807, 2.05) is 6.92 Å². The standard InChI is InChI=1S/C7H16N2O2/c1-5(3-4-11-2)6(8)7(9)10/h5-6H,3-4,8H2,1-2H3,(H2,9,10). The molecule has 0 aromatic rings. The molecule has 2 unspecified atom stereocenters. The zero-order valence-electron chi connectivity index (χ0n) is 7.04. The lowest BCUT2D eigenvalue weighted by molar-refractivity contribution is -0.120. The molecule has 4 nitrogen and oxygen atoms in total. The summed E-state index contributed by atoms with van der Waals surface area (Å²) in [6.45, 7) is 2.50. The van der Waals surface area contributed by atoms with Crippen LogP contribution in [0.2, 0.25) is 0 Å². The molecule has 0 aromatic carbocycles. The van der Waals surface area contributed by atoms with Gasteiger partial charge in [-0.05, 0) is 12.3 Å². The molecule has 2 atom stereocenters. The maximum absolute atomic E-state index is 10.6. The second-order valence-corrected chi connectivity index (χ2v) is 2.69. The summed E-state index contributed by atoms with van der Waals surface area (Å²) in [5.74, 6) is -0.360. The Kier molecular flexibility index (Phi) is 4.81. The second kappa shape index (κ2) is 5.09. The summed E-state index contributed by atoms with van der Waals surface area (Å²) in [7, 11) is 1.61. The fourth-order valence-electron chi connectivity index (χ4n) is 0.764. The van der Waals surface area contributed by atoms with Gasteiger partial charge in [-0.3, -0.25) is 4.79 Å². The van der Waals surface area contributed by atoms with E-state index in [-0.39, 0.29) is 5.92 Å². The van der Waals surface area contributed by atoms with Crippen LogP contribution in [0.3, 0.4) is 0 Å². The molecule has 0 aromatic heterocycles. The Hall–Kier alpha value is -0.610. The van der Waals surface area contributed by atoms with E-state index < -0.39 is 11.9 Å². The van der Waals surface area contributed by atoms with Gasteiger partial charge in [0.1, 0.15) is 0 Å². The maximum Gasteiger partial charge on any atom is 0.234 e. The molecule has 1 amide bonds. The number of hydrogen-bond acceptors (Lipinski definition) is 3. The van der Waals surface area contributed by atoms with Gasteiger partial charge in [0, 0.05) is 13.7 Å². The van der Waals surface area contributed by atoms with Crippen LogP contribution in [0.4, 0.5) is 0 Å². The van der Waals surface area contributed by atoms with Crippen molar-refractivity contribution in [1.29, 1.82) is 0 Å². The first-order valence-corrected chi connectivity index (χ1v) is 3.63. The van der Waals surface area contributed by atoms with Crippen LogP contribution in [-0.4, -0.2) is 25.7 Å². The molecule has 4 N–H and O–H groups in total. The van der Waals surface area contributed by atoms with Gasteiger partial charge in [0.2, 0.25) is 5.91 Å². The fourth-order valence-corrected chi connectivity index (χ4v) is 0.764. The summed E-state index contributed by atoms with van der Waals surface area (Å²) < 4.78 is 4.83. The van der Waals surface area contributed by atoms with Gasteiger partial charge < -0.3 is 16.2 Å². The average Bonchev–Trinajstić information content (AvgIpc) is 1.98. The highest BCUT2D eigenvalue weighted by atomic mass is 16.5. The molecule has 0 rings (SSSR count). The molecule has 0 saturated carbocycles. The van der Waals surface area contributed by atoms with E-state index in [1.54, 1.807) is 7.11 Å². The minimum absolute atomic E-state index is 0.0902. The summed E-state index contributed by atoms with van der Waals surface area (Å²) in [4.78, 5) is 10.6. The zero-order valence-corrected chi connectivity index (χ0v) is 7.04. The number of carbonyl (C=O) groups is 1. The highest BCUT2D eigenvalue weighted by Crippen LogP contribution is 2.05. The lowest BCUT2D eigenvalue weighted by Crippen LogP contribution is -2.41. The van der Waals surface area contributed by atoms with Gasteiger partial charge in [-0.2, -0.15) is 0 Å². The molecule has 11 heavy (non-hydrogen) atoms. The van der Waals surface area contributed by atoms with E-state index in [9.17, 15) is 4.79 Å². The molecular formula is C7H16N2O2. The lowest BCUT2D eigenvalue weighted by atomic mass is 9.99. The van der Waals surface area contributed by atoms with Crippen LogP contribution >= 0.6 is 0 Å². The van der Waals surface area contributed by atoms with Crippen molar-refractivity contribution in [3.8, 4) is 0 Å². The minimum atomic E-state index is -0.551. The van der Waals surface area contributed by atoms with Crippen LogP contribution in [-0.2, 0) is 9.53 Å². The third kappa shape index (κ3) is 3.95. The van der Waals surface area contributed by atoms with Crippen LogP contribution in [0, 0.1) is 5.92 Å². The molecule has 0 bridgehead atoms. The Morgan fingerprint density at radius 1 is 1.64 bits per heavy atom. The first-order chi connectivity index (χ1) is 5.09. The molecule has 66 valence electrons. The van der Waals surface area contributed by atoms with Crippen molar-refractivity contribution in [3.05, 3.63) is 0 Å². The number of nitrogens with two attached hydrogens (primary N) is 2. The van der Waals surface area contributed by atoms with Gasteiger partial charge in [-0.15, -0.1) is 0 Å². The van der Waals surface area contributed by atoms with Crippen molar-refractivity contribution < 1.29 is 9.53 Å². The first-order valence-electron chi connectivity index (χ1n) is 3.63. The minimum Gasteiger partial charge on any atom is -0.385 e. The summed E-state index contributed by atoms with van der Waals surface area (Å²) in [6.07, 6.45) is 0.764. The van der Waals surface area contributed by atoms with Gasteiger partial charge in [-0.1, -0.05) is 6.92 Å². The molecule has 0 aliphatic heterocycles. The molecular weight excluding hydrogens is 144 g/mol. The molecule has 0 aliphatic carbocycles. The Morgan fingerprint density at radius 2 is 2.18 bits per heavy atom. The lowest BCUT2D eigenvalue weighted by Gasteiger charge is -2.15. The summed E-state index contributed by atoms with van der Waals surface area (Å²) >= 11 is 0. The van der Waals surface area contributed by atoms with Crippen molar-refractivity contribution >= 4 is 5.91 Å². The van der Waals surface area contributed by atoms with Gasteiger partial charge >= 0.3 is 0 Å². The predicted molar refractivity (Wildman–Crippen MR) is 42.8 cm³/mol. The molecule has 0 saturated heterocycles. The van der Waals surface area contributed by atoms with Crippen LogP contribution < -0.4 is 11.5 Å². The number of methoxy groups -OCH3 is 1. The third-order valence-electron chi connectivity index (χ3n) is 1.72. The van der Waals surface area contributed by atoms with Crippen LogP contribution in [0.25, 0.3) is 0 Å². The molecule has 0 heterocycles. The topological polar surface area (TPSA) is 78.3 Å². The van der Waals surface area contributed by atoms with Crippen molar-refractivity contribution in [2.45, 2.75) is 19.4 Å². The molecule has 0 spiro atoms. The summed E-state index contributed by atoms with van der Waals surface area (Å²) in [5, 5.41) is 0. The van der Waals surface area contributed by atoms with E-state index in [0.717, 1.165) is 6.42 Å². The predicted octanol–water partition coefficient (Wildman–Crippen LogP) is -0.528. The van der Waals surface area contributed by atoms with Crippen LogP contribution in [0.5, 0.6) is 0 Å². The Labute approximate surface area is 66.9 Å². The SMILES string of the molecule is COCCC(C)C(N)C(N)=O. The van der Waals surface area contributed by atoms with Gasteiger partial charge in [0.05, 0.1) is 6.04 Å². The molecule has 4 heteroatoms. The number of amides is 1. The fraction of sp³-hybridized carbons (Fsp3) is 0.857. The second-order valence-electron chi connectivity index (χ2n) is 2.69. The molecule has 0 aliphatic rings. The number of primary amides is 1. The number of hydrogen-bond donors (Lipinski definition) is 2. The third-order valence-corrected chi connectivity index (χ3v) is 1.72. The quantitative estimate of drug-likeness (QED) is 0.567. The van der Waals surface area contributed by atoms with Gasteiger partial charge in [0.15, 0.2) is 0 Å². The van der Waals surface area contributed by atoms with Crippen LogP contribution in [0.15, 0.2) is 0 Å². The smallest absolute Gasteiger partial charge is 0.234 e. The zero-order chi connectivity index (χ0) is 8.85. The van der Waals surface area contributed by atoms with Crippen molar-refractivity contribution in [2.75, 3.05) is 13.7 Å². The van der Waals surface area contributed by atoms with E-state index in [1.165, 1.54) is 0 Å². The van der Waals surface area contributed by atoms with Crippen LogP contribution in [0.1, 0.15) is 13.3 Å². The maximum atomic E-state index is 10.6. The van der Waals surface area contributed by atoms with Crippen molar-refractivity contribution in [2.24, 2.45) is 17.4 Å². The average molecular weight is 160 g/mol. The van der Waals surface area contributed by atoms with E-state index in [4.69, 9.17) is 16.2 Å². The molecule has 0 radical (unpaired) electrons. The normalized spacial score (nSPS) is 15.9. The van der Waals surface area contributed by atoms with Gasteiger partial charge in [-0.25, -0.2) is 0 Å². The van der Waals surface area contributed by atoms with E-state index in [2.05, 4.69) is 0 Å². The van der Waals surface area contributed by atoms with E-state index in [0.29, 0.717) is 6.61 Å². The Balaban J connectivity index is 3.63. The first kappa shape index (κ1) is 10.4. The Bertz CT molecular complexity index is 128. The largest absolute Gasteiger partial charge is 0.385 e.